The van der Waals surface area contributed by atoms with E-state index in [0.29, 0.717) is 31.1 Å². The number of hydrogen-bond donors (Lipinski definition) is 1. The molecule has 7 heteroatoms. The molecule has 2 aromatic rings. The van der Waals surface area contributed by atoms with Gasteiger partial charge in [0.15, 0.2) is 8.32 Å². The van der Waals surface area contributed by atoms with E-state index in [9.17, 15) is 9.59 Å². The first-order chi connectivity index (χ1) is 15.9. The lowest BCUT2D eigenvalue weighted by Gasteiger charge is -2.36. The fourth-order valence-electron chi connectivity index (χ4n) is 3.80. The summed E-state index contributed by atoms with van der Waals surface area (Å²) in [5.41, 5.74) is 2.14. The van der Waals surface area contributed by atoms with Crippen molar-refractivity contribution in [2.45, 2.75) is 65.4 Å². The number of carbonyl (C=O) groups is 2. The fourth-order valence-corrected chi connectivity index (χ4v) is 4.75. The third-order valence-corrected chi connectivity index (χ3v) is 11.4. The maximum Gasteiger partial charge on any atom is 0.258 e. The number of amides is 2. The Labute approximate surface area is 204 Å². The first-order valence-corrected chi connectivity index (χ1v) is 14.9. The highest BCUT2D eigenvalue weighted by Crippen LogP contribution is 2.37. The largest absolute Gasteiger partial charge is 0.491 e. The number of anilines is 1. The molecule has 2 aromatic carbocycles. The van der Waals surface area contributed by atoms with E-state index in [1.807, 2.05) is 50.2 Å². The molecule has 1 N–H and O–H groups in total. The Morgan fingerprint density at radius 1 is 1.12 bits per heavy atom. The van der Waals surface area contributed by atoms with E-state index in [1.165, 1.54) is 0 Å². The van der Waals surface area contributed by atoms with Crippen LogP contribution in [0.25, 0.3) is 0 Å². The van der Waals surface area contributed by atoms with Gasteiger partial charge in [-0.3, -0.25) is 9.59 Å². The van der Waals surface area contributed by atoms with Crippen LogP contribution < -0.4 is 10.1 Å². The van der Waals surface area contributed by atoms with Crippen molar-refractivity contribution in [2.24, 2.45) is 5.92 Å². The molecule has 0 fully saturated rings. The van der Waals surface area contributed by atoms with Crippen molar-refractivity contribution in [1.82, 2.24) is 4.90 Å². The van der Waals surface area contributed by atoms with Crippen molar-refractivity contribution in [3.8, 4) is 5.75 Å². The van der Waals surface area contributed by atoms with Gasteiger partial charge in [-0.1, -0.05) is 65.0 Å². The van der Waals surface area contributed by atoms with Gasteiger partial charge in [0.2, 0.25) is 5.91 Å². The Hall–Kier alpha value is -2.64. The summed E-state index contributed by atoms with van der Waals surface area (Å²) >= 11 is 0. The van der Waals surface area contributed by atoms with Crippen molar-refractivity contribution in [1.29, 1.82) is 0 Å². The highest BCUT2D eigenvalue weighted by atomic mass is 28.4. The van der Waals surface area contributed by atoms with Crippen molar-refractivity contribution < 1.29 is 18.8 Å². The van der Waals surface area contributed by atoms with Gasteiger partial charge < -0.3 is 19.4 Å². The summed E-state index contributed by atoms with van der Waals surface area (Å²) in [4.78, 5) is 28.6. The van der Waals surface area contributed by atoms with E-state index in [4.69, 9.17) is 9.16 Å². The van der Waals surface area contributed by atoms with Gasteiger partial charge in [0, 0.05) is 5.69 Å². The molecular weight excluding hydrogens is 444 g/mol. The van der Waals surface area contributed by atoms with Gasteiger partial charge in [-0.15, -0.1) is 0 Å². The minimum atomic E-state index is -1.94. The van der Waals surface area contributed by atoms with Crippen LogP contribution in [0.15, 0.2) is 48.5 Å². The van der Waals surface area contributed by atoms with E-state index in [2.05, 4.69) is 39.2 Å². The van der Waals surface area contributed by atoms with Crippen LogP contribution in [0.2, 0.25) is 18.1 Å². The number of hydrogen-bond acceptors (Lipinski definition) is 4. The van der Waals surface area contributed by atoms with Gasteiger partial charge >= 0.3 is 0 Å². The Balaban J connectivity index is 1.82. The fraction of sp³-hybridized carbons (Fsp3) is 0.481. The van der Waals surface area contributed by atoms with E-state index >= 15 is 0 Å². The summed E-state index contributed by atoms with van der Waals surface area (Å²) in [7, 11) is -1.94. The summed E-state index contributed by atoms with van der Waals surface area (Å²) in [5, 5.41) is 3.19. The molecule has 1 aliphatic heterocycles. The van der Waals surface area contributed by atoms with E-state index < -0.39 is 14.4 Å². The Kier molecular flexibility index (Phi) is 7.88. The molecule has 184 valence electrons. The first kappa shape index (κ1) is 26.0. The third kappa shape index (κ3) is 5.70. The van der Waals surface area contributed by atoms with Crippen LogP contribution in [0.5, 0.6) is 5.75 Å². The molecule has 0 spiro atoms. The number of nitrogens with one attached hydrogen (secondary N) is 1. The van der Waals surface area contributed by atoms with E-state index in [1.54, 1.807) is 17.0 Å². The molecular formula is C27H38N2O4Si. The molecule has 0 saturated heterocycles. The maximum atomic E-state index is 13.6. The number of fused-ring (bicyclic) bond motifs is 1. The van der Waals surface area contributed by atoms with Crippen molar-refractivity contribution >= 4 is 25.8 Å². The van der Waals surface area contributed by atoms with Gasteiger partial charge in [0.05, 0.1) is 18.7 Å². The average Bonchev–Trinajstić information content (AvgIpc) is 2.92. The molecule has 3 rings (SSSR count). The van der Waals surface area contributed by atoms with Crippen LogP contribution in [-0.4, -0.2) is 44.2 Å². The van der Waals surface area contributed by atoms with Crippen LogP contribution in [0.3, 0.4) is 0 Å². The molecule has 1 heterocycles. The summed E-state index contributed by atoms with van der Waals surface area (Å²) in [5.74, 6) is 0.0925. The average molecular weight is 483 g/mol. The Bertz CT molecular complexity index is 1030. The number of ether oxygens (including phenoxy) is 1. The lowest BCUT2D eigenvalue weighted by Crippen LogP contribution is -2.51. The van der Waals surface area contributed by atoms with Crippen LogP contribution >= 0.6 is 0 Å². The molecule has 0 radical (unpaired) electrons. The summed E-state index contributed by atoms with van der Waals surface area (Å²) < 4.78 is 12.2. The van der Waals surface area contributed by atoms with Crippen molar-refractivity contribution in [2.75, 3.05) is 18.5 Å². The SMILES string of the molecule is CC(C)C(C(=O)Nc1ccccc1CO[Si](C)(C)C(C)(C)C)N1CCOc2ccccc2C1=O. The molecule has 1 unspecified atom stereocenters. The molecule has 0 aromatic heterocycles. The van der Waals surface area contributed by atoms with E-state index in [0.717, 1.165) is 11.3 Å². The zero-order chi connectivity index (χ0) is 25.1. The smallest absolute Gasteiger partial charge is 0.258 e. The molecule has 0 aliphatic carbocycles. The van der Waals surface area contributed by atoms with Gasteiger partial charge in [0.1, 0.15) is 18.4 Å². The van der Waals surface area contributed by atoms with Gasteiger partial charge in [-0.05, 0) is 47.8 Å². The lowest BCUT2D eigenvalue weighted by atomic mass is 9.99. The highest BCUT2D eigenvalue weighted by Gasteiger charge is 2.38. The predicted octanol–water partition coefficient (Wildman–Crippen LogP) is 5.71. The van der Waals surface area contributed by atoms with Crippen LogP contribution in [0, 0.1) is 5.92 Å². The predicted molar refractivity (Wildman–Crippen MR) is 139 cm³/mol. The quantitative estimate of drug-likeness (QED) is 0.514. The Morgan fingerprint density at radius 3 is 2.44 bits per heavy atom. The zero-order valence-electron chi connectivity index (χ0n) is 21.5. The number of para-hydroxylation sites is 2. The Morgan fingerprint density at radius 2 is 1.76 bits per heavy atom. The number of nitrogens with zero attached hydrogens (tertiary/aromatic N) is 1. The molecule has 2 amide bonds. The summed E-state index contributed by atoms with van der Waals surface area (Å²) in [6.45, 7) is 16.1. The molecule has 6 nitrogen and oxygen atoms in total. The number of benzene rings is 2. The maximum absolute atomic E-state index is 13.6. The monoisotopic (exact) mass is 482 g/mol. The minimum Gasteiger partial charge on any atom is -0.491 e. The molecule has 0 bridgehead atoms. The summed E-state index contributed by atoms with van der Waals surface area (Å²) in [6, 6.07) is 14.3. The summed E-state index contributed by atoms with van der Waals surface area (Å²) in [6.07, 6.45) is 0. The number of carbonyl (C=O) groups excluding carboxylic acids is 2. The normalized spacial score (nSPS) is 15.4. The lowest BCUT2D eigenvalue weighted by molar-refractivity contribution is -0.122. The van der Waals surface area contributed by atoms with Crippen LogP contribution in [0.4, 0.5) is 5.69 Å². The number of rotatable bonds is 7. The zero-order valence-corrected chi connectivity index (χ0v) is 22.5. The van der Waals surface area contributed by atoms with E-state index in [-0.39, 0.29) is 22.8 Å². The topological polar surface area (TPSA) is 67.9 Å². The second-order valence-electron chi connectivity index (χ2n) is 10.7. The third-order valence-electron chi connectivity index (χ3n) is 6.87. The molecule has 0 saturated carbocycles. The first-order valence-electron chi connectivity index (χ1n) is 12.0. The second kappa shape index (κ2) is 10.3. The molecule has 1 aliphatic rings. The van der Waals surface area contributed by atoms with Gasteiger partial charge in [-0.2, -0.15) is 0 Å². The van der Waals surface area contributed by atoms with Crippen LogP contribution in [-0.2, 0) is 15.8 Å². The van der Waals surface area contributed by atoms with Crippen LogP contribution in [0.1, 0.15) is 50.5 Å². The minimum absolute atomic E-state index is 0.0788. The van der Waals surface area contributed by atoms with Gasteiger partial charge in [-0.25, -0.2) is 0 Å². The van der Waals surface area contributed by atoms with Gasteiger partial charge in [0.25, 0.3) is 5.91 Å². The molecule has 1 atom stereocenters. The standard InChI is InChI=1S/C27H38N2O4Si/c1-19(2)24(29-16-17-32-23-15-11-9-13-21(23)26(29)31)25(30)28-22-14-10-8-12-20(22)18-33-34(6,7)27(3,4)5/h8-15,19,24H,16-18H2,1-7H3,(H,28,30). The van der Waals surface area contributed by atoms with Crippen molar-refractivity contribution in [3.05, 3.63) is 59.7 Å². The molecule has 34 heavy (non-hydrogen) atoms. The highest BCUT2D eigenvalue weighted by molar-refractivity contribution is 6.74. The van der Waals surface area contributed by atoms with Crippen molar-refractivity contribution in [3.63, 3.8) is 0 Å². The second-order valence-corrected chi connectivity index (χ2v) is 15.5.